The number of carbonyl (C=O) groups excluding carboxylic acids is 1. The average molecular weight is 531 g/mol. The van der Waals surface area contributed by atoms with Gasteiger partial charge in [-0.15, -0.1) is 0 Å². The van der Waals surface area contributed by atoms with Crippen molar-refractivity contribution in [2.24, 2.45) is 50.7 Å². The molecule has 0 amide bonds. The summed E-state index contributed by atoms with van der Waals surface area (Å²) in [5, 5.41) is 31.7. The Balaban J connectivity index is 1.51. The summed E-state index contributed by atoms with van der Waals surface area (Å²) in [6, 6.07) is 0. The molecule has 0 aromatic heterocycles. The molecule has 2 spiro atoms. The Morgan fingerprint density at radius 3 is 2.29 bits per heavy atom. The first-order valence-corrected chi connectivity index (χ1v) is 15.0. The van der Waals surface area contributed by atoms with E-state index in [0.29, 0.717) is 24.7 Å². The number of rotatable bonds is 7. The van der Waals surface area contributed by atoms with Crippen molar-refractivity contribution < 1.29 is 29.6 Å². The second-order valence-corrected chi connectivity index (χ2v) is 14.9. The molecule has 5 aliphatic carbocycles. The van der Waals surface area contributed by atoms with Gasteiger partial charge < -0.3 is 20.1 Å². The van der Waals surface area contributed by atoms with E-state index < -0.39 is 23.6 Å². The van der Waals surface area contributed by atoms with Crippen LogP contribution in [0.1, 0.15) is 106 Å². The zero-order chi connectivity index (χ0) is 28.1. The highest BCUT2D eigenvalue weighted by atomic mass is 16.5. The van der Waals surface area contributed by atoms with Crippen molar-refractivity contribution in [3.8, 4) is 0 Å². The lowest BCUT2D eigenvalue weighted by Crippen LogP contribution is -2.64. The Hall–Kier alpha value is -1.40. The van der Waals surface area contributed by atoms with Crippen molar-refractivity contribution in [3.63, 3.8) is 0 Å². The number of aliphatic hydroxyl groups is 2. The SMILES string of the molecule is C=C(C)[C@H](O)CC[C@@H](C)[C@H]1CC[C@@]2(C)[C@@H]3[C@@H](OC(C)=O)C[C@H]4[C@](C)(C(=O)O)[C@@H](O)CC[C@@]45C[C@@]35CC[C@]12C. The molecule has 0 radical (unpaired) electrons. The summed E-state index contributed by atoms with van der Waals surface area (Å²) in [5.74, 6) is -0.189. The van der Waals surface area contributed by atoms with E-state index in [4.69, 9.17) is 4.74 Å². The minimum absolute atomic E-state index is 0.0125. The quantitative estimate of drug-likeness (QED) is 0.286. The van der Waals surface area contributed by atoms with Crippen molar-refractivity contribution in [1.29, 1.82) is 0 Å². The topological polar surface area (TPSA) is 104 Å². The van der Waals surface area contributed by atoms with Gasteiger partial charge in [-0.3, -0.25) is 9.59 Å². The van der Waals surface area contributed by atoms with Gasteiger partial charge in [0.15, 0.2) is 0 Å². The highest BCUT2D eigenvalue weighted by Gasteiger charge is 2.85. The van der Waals surface area contributed by atoms with Gasteiger partial charge in [-0.25, -0.2) is 0 Å². The molecular formula is C32H50O6. The number of hydrogen-bond donors (Lipinski definition) is 3. The van der Waals surface area contributed by atoms with Crippen molar-refractivity contribution >= 4 is 11.9 Å². The monoisotopic (exact) mass is 530 g/mol. The van der Waals surface area contributed by atoms with E-state index in [1.54, 1.807) is 6.92 Å². The standard InChI is InChI=1S/C32H50O6/c1-18(2)22(34)9-8-19(3)21-10-12-29(6)26-23(38-20(4)33)16-24-30(7,27(36)37)25(35)11-13-31(24)17-32(26,31)15-14-28(21,29)5/h19,21-26,34-35H,1,8-17H2,2-7H3,(H,36,37)/t19-,21-,22-,23+,24+,25+,26+,28-,29+,30+,31-,32+/m1/s1. The molecule has 0 aromatic carbocycles. The van der Waals surface area contributed by atoms with Gasteiger partial charge in [-0.05, 0) is 117 Å². The van der Waals surface area contributed by atoms with E-state index >= 15 is 0 Å². The zero-order valence-corrected chi connectivity index (χ0v) is 24.4. The molecule has 38 heavy (non-hydrogen) atoms. The molecule has 0 saturated heterocycles. The van der Waals surface area contributed by atoms with E-state index in [1.165, 1.54) is 6.92 Å². The van der Waals surface area contributed by atoms with Crippen molar-refractivity contribution in [3.05, 3.63) is 12.2 Å². The molecule has 5 aliphatic rings. The number of ether oxygens (including phenoxy) is 1. The van der Waals surface area contributed by atoms with Gasteiger partial charge in [0.2, 0.25) is 0 Å². The third-order valence-electron chi connectivity index (χ3n) is 13.7. The summed E-state index contributed by atoms with van der Waals surface area (Å²) in [6.07, 6.45) is 7.37. The molecule has 12 atom stereocenters. The second-order valence-electron chi connectivity index (χ2n) is 14.9. The van der Waals surface area contributed by atoms with Gasteiger partial charge in [0, 0.05) is 12.8 Å². The van der Waals surface area contributed by atoms with Gasteiger partial charge in [0.25, 0.3) is 0 Å². The van der Waals surface area contributed by atoms with Crippen LogP contribution in [0.4, 0.5) is 0 Å². The van der Waals surface area contributed by atoms with Crippen molar-refractivity contribution in [2.45, 2.75) is 124 Å². The third kappa shape index (κ3) is 3.44. The Morgan fingerprint density at radius 1 is 1.00 bits per heavy atom. The summed E-state index contributed by atoms with van der Waals surface area (Å²) in [4.78, 5) is 25.1. The Morgan fingerprint density at radius 2 is 1.68 bits per heavy atom. The maximum absolute atomic E-state index is 12.7. The lowest BCUT2D eigenvalue weighted by atomic mass is 9.41. The van der Waals surface area contributed by atoms with Gasteiger partial charge in [-0.1, -0.05) is 32.9 Å². The second kappa shape index (κ2) is 8.80. The highest BCUT2D eigenvalue weighted by Crippen LogP contribution is 2.89. The number of aliphatic carboxylic acids is 1. The molecule has 5 rings (SSSR count). The molecule has 214 valence electrons. The highest BCUT2D eigenvalue weighted by molar-refractivity contribution is 5.76. The van der Waals surface area contributed by atoms with E-state index in [0.717, 1.165) is 56.9 Å². The first-order valence-electron chi connectivity index (χ1n) is 15.0. The van der Waals surface area contributed by atoms with Crippen LogP contribution in [0.5, 0.6) is 0 Å². The van der Waals surface area contributed by atoms with Crippen LogP contribution in [0.15, 0.2) is 12.2 Å². The minimum Gasteiger partial charge on any atom is -0.481 e. The molecule has 3 N–H and O–H groups in total. The summed E-state index contributed by atoms with van der Waals surface area (Å²) in [7, 11) is 0. The number of esters is 1. The number of fused-ring (bicyclic) bond motifs is 2. The number of carboxylic acid groups (broad SMARTS) is 1. The molecule has 0 unspecified atom stereocenters. The first-order chi connectivity index (χ1) is 17.6. The maximum Gasteiger partial charge on any atom is 0.312 e. The summed E-state index contributed by atoms with van der Waals surface area (Å²) < 4.78 is 6.17. The van der Waals surface area contributed by atoms with Crippen LogP contribution in [0.25, 0.3) is 0 Å². The lowest BCUT2D eigenvalue weighted by molar-refractivity contribution is -0.219. The van der Waals surface area contributed by atoms with Crippen LogP contribution in [0.2, 0.25) is 0 Å². The fourth-order valence-corrected chi connectivity index (χ4v) is 11.5. The molecule has 0 aromatic rings. The fourth-order valence-electron chi connectivity index (χ4n) is 11.5. The third-order valence-corrected chi connectivity index (χ3v) is 13.7. The Bertz CT molecular complexity index is 1020. The van der Waals surface area contributed by atoms with Crippen LogP contribution in [0, 0.1) is 50.7 Å². The molecule has 5 fully saturated rings. The molecule has 0 heterocycles. The van der Waals surface area contributed by atoms with Gasteiger partial charge in [-0.2, -0.15) is 0 Å². The molecule has 6 heteroatoms. The summed E-state index contributed by atoms with van der Waals surface area (Å²) >= 11 is 0. The first kappa shape index (κ1) is 28.1. The van der Waals surface area contributed by atoms with Crippen molar-refractivity contribution in [2.75, 3.05) is 0 Å². The number of aliphatic hydroxyl groups excluding tert-OH is 2. The number of carboxylic acids is 1. The van der Waals surface area contributed by atoms with E-state index in [2.05, 4.69) is 27.4 Å². The van der Waals surface area contributed by atoms with E-state index in [-0.39, 0.29) is 45.6 Å². The van der Waals surface area contributed by atoms with Gasteiger partial charge in [0.05, 0.1) is 17.6 Å². The molecule has 6 nitrogen and oxygen atoms in total. The normalized spacial score (nSPS) is 50.5. The smallest absolute Gasteiger partial charge is 0.312 e. The van der Waals surface area contributed by atoms with E-state index in [9.17, 15) is 24.9 Å². The van der Waals surface area contributed by atoms with E-state index in [1.807, 2.05) is 6.92 Å². The average Bonchev–Trinajstić information content (AvgIpc) is 3.40. The Labute approximate surface area is 228 Å². The van der Waals surface area contributed by atoms with Crippen LogP contribution < -0.4 is 0 Å². The molecular weight excluding hydrogens is 480 g/mol. The van der Waals surface area contributed by atoms with Crippen LogP contribution in [-0.2, 0) is 14.3 Å². The Kier molecular flexibility index (Phi) is 6.52. The fraction of sp³-hybridized carbons (Fsp3) is 0.875. The molecule has 0 bridgehead atoms. The van der Waals surface area contributed by atoms with Crippen molar-refractivity contribution in [1.82, 2.24) is 0 Å². The molecule has 0 aliphatic heterocycles. The van der Waals surface area contributed by atoms with Gasteiger partial charge in [0.1, 0.15) is 6.10 Å². The minimum atomic E-state index is -1.22. The zero-order valence-electron chi connectivity index (χ0n) is 24.4. The van der Waals surface area contributed by atoms with Gasteiger partial charge >= 0.3 is 11.9 Å². The predicted molar refractivity (Wildman–Crippen MR) is 145 cm³/mol. The summed E-state index contributed by atoms with van der Waals surface area (Å²) in [5.41, 5.74) is -0.415. The number of carbonyl (C=O) groups is 2. The van der Waals surface area contributed by atoms with Crippen LogP contribution >= 0.6 is 0 Å². The number of hydrogen-bond acceptors (Lipinski definition) is 5. The van der Waals surface area contributed by atoms with Crippen LogP contribution in [0.3, 0.4) is 0 Å². The van der Waals surface area contributed by atoms with Crippen LogP contribution in [-0.4, -0.2) is 45.6 Å². The molecule has 5 saturated carbocycles. The maximum atomic E-state index is 12.7. The lowest BCUT2D eigenvalue weighted by Gasteiger charge is -2.64. The predicted octanol–water partition coefficient (Wildman–Crippen LogP) is 5.75. The largest absolute Gasteiger partial charge is 0.481 e. The summed E-state index contributed by atoms with van der Waals surface area (Å²) in [6.45, 7) is 16.3.